The fourth-order valence-corrected chi connectivity index (χ4v) is 1.75. The molecular weight excluding hydrogens is 184 g/mol. The Bertz CT molecular complexity index is 306. The number of hydrogen-bond acceptors (Lipinski definition) is 3. The predicted molar refractivity (Wildman–Crippen MR) is 55.1 cm³/mol. The fraction of sp³-hybridized carbons (Fsp3) is 0.556. The summed E-state index contributed by atoms with van der Waals surface area (Å²) >= 11 is 1.50. The van der Waals surface area contributed by atoms with Crippen LogP contribution in [0.15, 0.2) is 5.38 Å². The van der Waals surface area contributed by atoms with Crippen molar-refractivity contribution in [2.24, 2.45) is 5.92 Å². The lowest BCUT2D eigenvalue weighted by molar-refractivity contribution is -0.121. The second-order valence-corrected chi connectivity index (χ2v) is 4.16. The van der Waals surface area contributed by atoms with Gasteiger partial charge in [-0.05, 0) is 6.92 Å². The smallest absolute Gasteiger partial charge is 0.231 e. The zero-order valence-corrected chi connectivity index (χ0v) is 9.18. The molecule has 1 heterocycles. The molecule has 0 aromatic carbocycles. The average Bonchev–Trinajstić information content (AvgIpc) is 2.49. The molecule has 72 valence electrons. The van der Waals surface area contributed by atoms with Crippen LogP contribution in [-0.4, -0.2) is 17.9 Å². The van der Waals surface area contributed by atoms with Gasteiger partial charge in [-0.3, -0.25) is 9.69 Å². The topological polar surface area (TPSA) is 33.2 Å². The Morgan fingerprint density at radius 1 is 1.62 bits per heavy atom. The van der Waals surface area contributed by atoms with E-state index in [1.165, 1.54) is 11.3 Å². The molecule has 0 unspecified atom stereocenters. The number of aryl methyl sites for hydroxylation is 1. The number of carbonyl (C=O) groups is 1. The Kier molecular flexibility index (Phi) is 3.03. The molecule has 13 heavy (non-hydrogen) atoms. The summed E-state index contributed by atoms with van der Waals surface area (Å²) in [5, 5.41) is 2.72. The molecule has 0 radical (unpaired) electrons. The van der Waals surface area contributed by atoms with Crippen molar-refractivity contribution in [3.8, 4) is 0 Å². The number of anilines is 1. The standard InChI is InChI=1S/C9H14N2OS/c1-6(2)8(12)11(4)9-10-7(3)5-13-9/h5-6H,1-4H3. The molecule has 0 N–H and O–H groups in total. The maximum absolute atomic E-state index is 11.5. The number of rotatable bonds is 2. The molecule has 0 saturated heterocycles. The highest BCUT2D eigenvalue weighted by Gasteiger charge is 2.16. The zero-order chi connectivity index (χ0) is 10.0. The van der Waals surface area contributed by atoms with E-state index in [9.17, 15) is 4.79 Å². The van der Waals surface area contributed by atoms with Crippen LogP contribution in [0.3, 0.4) is 0 Å². The summed E-state index contributed by atoms with van der Waals surface area (Å²) in [6.07, 6.45) is 0. The van der Waals surface area contributed by atoms with Crippen molar-refractivity contribution >= 4 is 22.4 Å². The Morgan fingerprint density at radius 3 is 2.62 bits per heavy atom. The Labute approximate surface area is 82.4 Å². The van der Waals surface area contributed by atoms with Gasteiger partial charge in [0.2, 0.25) is 5.91 Å². The summed E-state index contributed by atoms with van der Waals surface area (Å²) in [5.74, 6) is 0.128. The first-order chi connectivity index (χ1) is 6.02. The van der Waals surface area contributed by atoms with E-state index in [1.807, 2.05) is 26.2 Å². The van der Waals surface area contributed by atoms with Crippen LogP contribution in [-0.2, 0) is 4.79 Å². The molecule has 0 saturated carbocycles. The molecule has 0 fully saturated rings. The van der Waals surface area contributed by atoms with E-state index in [-0.39, 0.29) is 11.8 Å². The summed E-state index contributed by atoms with van der Waals surface area (Å²) < 4.78 is 0. The Balaban J connectivity index is 2.79. The van der Waals surface area contributed by atoms with Crippen molar-refractivity contribution in [1.29, 1.82) is 0 Å². The normalized spacial score (nSPS) is 10.5. The van der Waals surface area contributed by atoms with Crippen LogP contribution in [0.4, 0.5) is 5.13 Å². The molecule has 1 aromatic heterocycles. The van der Waals surface area contributed by atoms with Gasteiger partial charge in [0.05, 0.1) is 5.69 Å². The molecule has 0 bridgehead atoms. The number of aromatic nitrogens is 1. The first kappa shape index (κ1) is 10.2. The van der Waals surface area contributed by atoms with E-state index in [0.717, 1.165) is 10.8 Å². The van der Waals surface area contributed by atoms with Gasteiger partial charge in [-0.2, -0.15) is 0 Å². The fourth-order valence-electron chi connectivity index (χ4n) is 0.977. The number of hydrogen-bond donors (Lipinski definition) is 0. The third-order valence-corrected chi connectivity index (χ3v) is 2.75. The average molecular weight is 198 g/mol. The second-order valence-electron chi connectivity index (χ2n) is 3.32. The molecular formula is C9H14N2OS. The van der Waals surface area contributed by atoms with E-state index in [1.54, 1.807) is 11.9 Å². The monoisotopic (exact) mass is 198 g/mol. The molecule has 1 aromatic rings. The van der Waals surface area contributed by atoms with Crippen LogP contribution < -0.4 is 4.90 Å². The van der Waals surface area contributed by atoms with Gasteiger partial charge in [0.15, 0.2) is 5.13 Å². The van der Waals surface area contributed by atoms with Gasteiger partial charge in [0, 0.05) is 18.3 Å². The van der Waals surface area contributed by atoms with Crippen molar-refractivity contribution < 1.29 is 4.79 Å². The van der Waals surface area contributed by atoms with E-state index in [0.29, 0.717) is 0 Å². The first-order valence-electron chi connectivity index (χ1n) is 4.22. The number of thiazole rings is 1. The van der Waals surface area contributed by atoms with Crippen molar-refractivity contribution in [3.05, 3.63) is 11.1 Å². The first-order valence-corrected chi connectivity index (χ1v) is 5.10. The van der Waals surface area contributed by atoms with Crippen LogP contribution in [0, 0.1) is 12.8 Å². The second kappa shape index (κ2) is 3.87. The maximum Gasteiger partial charge on any atom is 0.231 e. The lowest BCUT2D eigenvalue weighted by Crippen LogP contribution is -2.30. The maximum atomic E-state index is 11.5. The summed E-state index contributed by atoms with van der Waals surface area (Å²) in [5.41, 5.74) is 0.961. The van der Waals surface area contributed by atoms with E-state index in [4.69, 9.17) is 0 Å². The van der Waals surface area contributed by atoms with Gasteiger partial charge in [0.1, 0.15) is 0 Å². The molecule has 3 nitrogen and oxygen atoms in total. The molecule has 0 spiro atoms. The van der Waals surface area contributed by atoms with Crippen molar-refractivity contribution in [3.63, 3.8) is 0 Å². The summed E-state index contributed by atoms with van der Waals surface area (Å²) in [6, 6.07) is 0. The molecule has 0 aliphatic heterocycles. The van der Waals surface area contributed by atoms with E-state index >= 15 is 0 Å². The summed E-state index contributed by atoms with van der Waals surface area (Å²) in [4.78, 5) is 17.4. The van der Waals surface area contributed by atoms with Crippen LogP contribution in [0.2, 0.25) is 0 Å². The minimum absolute atomic E-state index is 0.0224. The molecule has 1 rings (SSSR count). The largest absolute Gasteiger partial charge is 0.291 e. The van der Waals surface area contributed by atoms with Crippen molar-refractivity contribution in [2.45, 2.75) is 20.8 Å². The highest BCUT2D eigenvalue weighted by Crippen LogP contribution is 2.19. The van der Waals surface area contributed by atoms with Crippen molar-refractivity contribution in [1.82, 2.24) is 4.98 Å². The predicted octanol–water partition coefficient (Wildman–Crippen LogP) is 2.07. The SMILES string of the molecule is Cc1csc(N(C)C(=O)C(C)C)n1. The molecule has 4 heteroatoms. The van der Waals surface area contributed by atoms with Gasteiger partial charge >= 0.3 is 0 Å². The van der Waals surface area contributed by atoms with Crippen molar-refractivity contribution in [2.75, 3.05) is 11.9 Å². The zero-order valence-electron chi connectivity index (χ0n) is 8.37. The van der Waals surface area contributed by atoms with Gasteiger partial charge < -0.3 is 0 Å². The van der Waals surface area contributed by atoms with Crippen LogP contribution in [0.25, 0.3) is 0 Å². The number of amides is 1. The van der Waals surface area contributed by atoms with Gasteiger partial charge in [0.25, 0.3) is 0 Å². The third-order valence-electron chi connectivity index (χ3n) is 1.72. The Hall–Kier alpha value is -0.900. The number of nitrogens with zero attached hydrogens (tertiary/aromatic N) is 2. The summed E-state index contributed by atoms with van der Waals surface area (Å²) in [6.45, 7) is 5.70. The quantitative estimate of drug-likeness (QED) is 0.729. The van der Waals surface area contributed by atoms with Crippen LogP contribution >= 0.6 is 11.3 Å². The lowest BCUT2D eigenvalue weighted by Gasteiger charge is -2.15. The third kappa shape index (κ3) is 2.28. The van der Waals surface area contributed by atoms with Crippen LogP contribution in [0.5, 0.6) is 0 Å². The highest BCUT2D eigenvalue weighted by atomic mass is 32.1. The van der Waals surface area contributed by atoms with E-state index in [2.05, 4.69) is 4.98 Å². The van der Waals surface area contributed by atoms with E-state index < -0.39 is 0 Å². The Morgan fingerprint density at radius 2 is 2.23 bits per heavy atom. The minimum atomic E-state index is 0.0224. The highest BCUT2D eigenvalue weighted by molar-refractivity contribution is 7.14. The van der Waals surface area contributed by atoms with Crippen LogP contribution in [0.1, 0.15) is 19.5 Å². The molecule has 0 aliphatic rings. The number of carbonyl (C=O) groups excluding carboxylic acids is 1. The molecule has 0 aliphatic carbocycles. The lowest BCUT2D eigenvalue weighted by atomic mass is 10.2. The van der Waals surface area contributed by atoms with Gasteiger partial charge in [-0.25, -0.2) is 4.98 Å². The summed E-state index contributed by atoms with van der Waals surface area (Å²) in [7, 11) is 1.76. The van der Waals surface area contributed by atoms with Gasteiger partial charge in [-0.15, -0.1) is 11.3 Å². The molecule has 0 atom stereocenters. The molecule has 1 amide bonds. The van der Waals surface area contributed by atoms with Gasteiger partial charge in [-0.1, -0.05) is 13.8 Å². The minimum Gasteiger partial charge on any atom is -0.291 e.